The SMILES string of the molecule is O=C(c1ccc(F)cc1Cl)N1CCN(C(=O)c2ccc(F)cc2Br)CC1. The van der Waals surface area contributed by atoms with Crippen LogP contribution in [0.4, 0.5) is 8.78 Å². The molecule has 0 spiro atoms. The number of amides is 2. The molecule has 1 heterocycles. The van der Waals surface area contributed by atoms with Crippen LogP contribution in [0.5, 0.6) is 0 Å². The molecule has 2 aromatic carbocycles. The van der Waals surface area contributed by atoms with Gasteiger partial charge in [-0.3, -0.25) is 9.59 Å². The lowest BCUT2D eigenvalue weighted by molar-refractivity contribution is 0.0535. The van der Waals surface area contributed by atoms with Crippen LogP contribution in [-0.2, 0) is 0 Å². The zero-order chi connectivity index (χ0) is 18.8. The third-order valence-corrected chi connectivity index (χ3v) is 5.15. The van der Waals surface area contributed by atoms with Crippen molar-refractivity contribution in [3.63, 3.8) is 0 Å². The van der Waals surface area contributed by atoms with Crippen LogP contribution in [0.3, 0.4) is 0 Å². The van der Waals surface area contributed by atoms with Gasteiger partial charge in [0.05, 0.1) is 16.1 Å². The zero-order valence-electron chi connectivity index (χ0n) is 13.5. The van der Waals surface area contributed by atoms with Gasteiger partial charge in [-0.1, -0.05) is 11.6 Å². The Kier molecular flexibility index (Phi) is 5.58. The van der Waals surface area contributed by atoms with Gasteiger partial charge in [0.2, 0.25) is 0 Å². The van der Waals surface area contributed by atoms with Gasteiger partial charge in [0, 0.05) is 30.7 Å². The standard InChI is InChI=1S/C18H14BrClF2N2O2/c19-15-9-11(21)1-3-13(15)17(25)23-5-7-24(8-6-23)18(26)14-4-2-12(22)10-16(14)20/h1-4,9-10H,5-8H2. The van der Waals surface area contributed by atoms with Crippen LogP contribution in [0.25, 0.3) is 0 Å². The molecule has 0 N–H and O–H groups in total. The summed E-state index contributed by atoms with van der Waals surface area (Å²) in [5, 5.41) is 0.0590. The molecule has 0 aliphatic carbocycles. The fourth-order valence-electron chi connectivity index (χ4n) is 2.78. The normalized spacial score (nSPS) is 14.5. The maximum absolute atomic E-state index is 13.2. The number of halogens is 4. The molecule has 0 bridgehead atoms. The highest BCUT2D eigenvalue weighted by atomic mass is 79.9. The molecule has 0 unspecified atom stereocenters. The van der Waals surface area contributed by atoms with Crippen molar-refractivity contribution in [2.75, 3.05) is 26.2 Å². The molecule has 1 fully saturated rings. The summed E-state index contributed by atoms with van der Waals surface area (Å²) < 4.78 is 26.7. The highest BCUT2D eigenvalue weighted by Crippen LogP contribution is 2.22. The first-order valence-electron chi connectivity index (χ1n) is 7.85. The smallest absolute Gasteiger partial charge is 0.255 e. The van der Waals surface area contributed by atoms with Crippen molar-refractivity contribution < 1.29 is 18.4 Å². The van der Waals surface area contributed by atoms with Crippen molar-refractivity contribution in [2.24, 2.45) is 0 Å². The summed E-state index contributed by atoms with van der Waals surface area (Å²) in [6, 6.07) is 7.54. The highest BCUT2D eigenvalue weighted by Gasteiger charge is 2.27. The molecule has 1 saturated heterocycles. The molecule has 0 aromatic heterocycles. The summed E-state index contributed by atoms with van der Waals surface area (Å²) in [6.45, 7) is 1.34. The Hall–Kier alpha value is -1.99. The molecule has 2 aromatic rings. The average Bonchev–Trinajstić information content (AvgIpc) is 2.61. The monoisotopic (exact) mass is 442 g/mol. The lowest BCUT2D eigenvalue weighted by Crippen LogP contribution is -2.50. The number of carbonyl (C=O) groups excluding carboxylic acids is 2. The third-order valence-electron chi connectivity index (χ3n) is 4.18. The van der Waals surface area contributed by atoms with E-state index in [2.05, 4.69) is 15.9 Å². The Balaban J connectivity index is 1.67. The number of piperazine rings is 1. The van der Waals surface area contributed by atoms with E-state index < -0.39 is 11.6 Å². The van der Waals surface area contributed by atoms with E-state index in [1.807, 2.05) is 0 Å². The van der Waals surface area contributed by atoms with E-state index in [0.717, 1.165) is 6.07 Å². The summed E-state index contributed by atoms with van der Waals surface area (Å²) in [4.78, 5) is 28.3. The van der Waals surface area contributed by atoms with E-state index in [1.165, 1.54) is 30.3 Å². The summed E-state index contributed by atoms with van der Waals surface area (Å²) in [5.74, 6) is -1.47. The van der Waals surface area contributed by atoms with Crippen molar-refractivity contribution in [3.8, 4) is 0 Å². The van der Waals surface area contributed by atoms with Crippen LogP contribution in [0.1, 0.15) is 20.7 Å². The van der Waals surface area contributed by atoms with Gasteiger partial charge in [0.25, 0.3) is 11.8 Å². The third kappa shape index (κ3) is 3.88. The van der Waals surface area contributed by atoms with E-state index in [0.29, 0.717) is 36.2 Å². The zero-order valence-corrected chi connectivity index (χ0v) is 15.9. The predicted molar refractivity (Wildman–Crippen MR) is 97.3 cm³/mol. The minimum Gasteiger partial charge on any atom is -0.335 e. The van der Waals surface area contributed by atoms with E-state index >= 15 is 0 Å². The molecule has 4 nitrogen and oxygen atoms in total. The van der Waals surface area contributed by atoms with Gasteiger partial charge in [-0.05, 0) is 52.3 Å². The molecule has 0 radical (unpaired) electrons. The van der Waals surface area contributed by atoms with Crippen molar-refractivity contribution in [3.05, 3.63) is 68.7 Å². The van der Waals surface area contributed by atoms with Gasteiger partial charge in [-0.15, -0.1) is 0 Å². The van der Waals surface area contributed by atoms with Crippen LogP contribution in [0, 0.1) is 11.6 Å². The molecular weight excluding hydrogens is 430 g/mol. The van der Waals surface area contributed by atoms with Crippen molar-refractivity contribution in [1.29, 1.82) is 0 Å². The number of nitrogens with zero attached hydrogens (tertiary/aromatic N) is 2. The predicted octanol–water partition coefficient (Wildman–Crippen LogP) is 3.98. The topological polar surface area (TPSA) is 40.6 Å². The quantitative estimate of drug-likeness (QED) is 0.704. The van der Waals surface area contributed by atoms with Gasteiger partial charge in [0.15, 0.2) is 0 Å². The van der Waals surface area contributed by atoms with Crippen molar-refractivity contribution in [1.82, 2.24) is 9.80 Å². The molecule has 0 atom stereocenters. The fraction of sp³-hybridized carbons (Fsp3) is 0.222. The molecule has 1 aliphatic heterocycles. The first kappa shape index (κ1) is 18.8. The molecule has 2 amide bonds. The lowest BCUT2D eigenvalue weighted by Gasteiger charge is -2.35. The molecular formula is C18H14BrClF2N2O2. The van der Waals surface area contributed by atoms with Gasteiger partial charge in [0.1, 0.15) is 11.6 Å². The Bertz CT molecular complexity index is 799. The Morgan fingerprint density at radius 1 is 0.846 bits per heavy atom. The van der Waals surface area contributed by atoms with Crippen molar-refractivity contribution >= 4 is 39.3 Å². The van der Waals surface area contributed by atoms with E-state index in [4.69, 9.17) is 11.6 Å². The average molecular weight is 444 g/mol. The van der Waals surface area contributed by atoms with Gasteiger partial charge >= 0.3 is 0 Å². The molecule has 3 rings (SSSR count). The van der Waals surface area contributed by atoms with Gasteiger partial charge < -0.3 is 9.80 Å². The number of benzene rings is 2. The fourth-order valence-corrected chi connectivity index (χ4v) is 3.55. The largest absolute Gasteiger partial charge is 0.335 e. The summed E-state index contributed by atoms with van der Waals surface area (Å²) in [7, 11) is 0. The van der Waals surface area contributed by atoms with Crippen LogP contribution >= 0.6 is 27.5 Å². The van der Waals surface area contributed by atoms with Crippen LogP contribution in [0.2, 0.25) is 5.02 Å². The number of carbonyl (C=O) groups is 2. The molecule has 0 saturated carbocycles. The second-order valence-electron chi connectivity index (χ2n) is 5.83. The van der Waals surface area contributed by atoms with Gasteiger partial charge in [-0.2, -0.15) is 0 Å². The summed E-state index contributed by atoms with van der Waals surface area (Å²) in [5.41, 5.74) is 0.599. The van der Waals surface area contributed by atoms with E-state index in [-0.39, 0.29) is 22.4 Å². The number of hydrogen-bond acceptors (Lipinski definition) is 2. The first-order chi connectivity index (χ1) is 12.4. The second-order valence-corrected chi connectivity index (χ2v) is 7.09. The maximum atomic E-state index is 13.2. The second kappa shape index (κ2) is 7.72. The Labute approximate surface area is 162 Å². The summed E-state index contributed by atoms with van der Waals surface area (Å²) >= 11 is 9.14. The minimum atomic E-state index is -0.508. The van der Waals surface area contributed by atoms with Crippen LogP contribution < -0.4 is 0 Å². The maximum Gasteiger partial charge on any atom is 0.255 e. The van der Waals surface area contributed by atoms with Crippen LogP contribution in [0.15, 0.2) is 40.9 Å². The first-order valence-corrected chi connectivity index (χ1v) is 9.02. The number of hydrogen-bond donors (Lipinski definition) is 0. The highest BCUT2D eigenvalue weighted by molar-refractivity contribution is 9.10. The minimum absolute atomic E-state index is 0.0590. The molecule has 136 valence electrons. The molecule has 8 heteroatoms. The molecule has 1 aliphatic rings. The Morgan fingerprint density at radius 2 is 1.31 bits per heavy atom. The lowest BCUT2D eigenvalue weighted by atomic mass is 10.1. The molecule has 26 heavy (non-hydrogen) atoms. The van der Waals surface area contributed by atoms with Crippen molar-refractivity contribution in [2.45, 2.75) is 0 Å². The van der Waals surface area contributed by atoms with E-state index in [9.17, 15) is 18.4 Å². The van der Waals surface area contributed by atoms with Gasteiger partial charge in [-0.25, -0.2) is 8.78 Å². The number of rotatable bonds is 2. The summed E-state index contributed by atoms with van der Waals surface area (Å²) in [6.07, 6.45) is 0. The van der Waals surface area contributed by atoms with E-state index in [1.54, 1.807) is 9.80 Å². The van der Waals surface area contributed by atoms with Crippen LogP contribution in [-0.4, -0.2) is 47.8 Å². The Morgan fingerprint density at radius 3 is 1.81 bits per heavy atom.